The van der Waals surface area contributed by atoms with Gasteiger partial charge in [0.25, 0.3) is 40.5 Å². The number of anilines is 8. The molecule has 2 aromatic heterocycles. The number of aliphatic hydroxyl groups excluding tert-OH is 3. The molecule has 31 heteroatoms. The van der Waals surface area contributed by atoms with E-state index in [9.17, 15) is 62.6 Å². The molecule has 27 nitrogen and oxygen atoms in total. The zero-order valence-electron chi connectivity index (χ0n) is 36.3. The maximum atomic E-state index is 12.7. The van der Waals surface area contributed by atoms with Crippen LogP contribution in [-0.2, 0) is 40.5 Å². The molecule has 0 spiro atoms. The van der Waals surface area contributed by atoms with E-state index in [1.165, 1.54) is 36.1 Å². The van der Waals surface area contributed by atoms with Crippen LogP contribution in [0.2, 0.25) is 0 Å². The summed E-state index contributed by atoms with van der Waals surface area (Å²) in [5.74, 6) is -2.69. The molecule has 11 N–H and O–H groups in total. The fourth-order valence-corrected chi connectivity index (χ4v) is 8.02. The van der Waals surface area contributed by atoms with Crippen molar-refractivity contribution < 1.29 is 67.2 Å². The van der Waals surface area contributed by atoms with E-state index in [0.29, 0.717) is 0 Å². The summed E-state index contributed by atoms with van der Waals surface area (Å²) >= 11 is 0. The Morgan fingerprint density at radius 1 is 0.582 bits per heavy atom. The number of hydrogen-bond donors (Lipinski definition) is 11. The van der Waals surface area contributed by atoms with Crippen LogP contribution in [0.25, 0.3) is 12.2 Å². The Labute approximate surface area is 386 Å². The standard InChI is InChI=1S/C36H52N12O15S4/c1-22(20-49)17-47(4)35-43-31(37-11-13-64(52,53)54)41-33(45-35)39-27-9-7-25(29(15-27)66(58,59)60)5-6-26-8-10-28(16-30(26)67(61,62)63)40-34-42-32(38-12-14-65(55,56)57)44-36(46-34)48(19-24(3)51)18-23(2)21-50/h5-10,15-16,22-24,49-51H,11-14,17-21H2,1-4H3,(H,52,53,54)(H,55,56,57)(H,58,59,60)(H,61,62,63)(H2,37,39,41,43,45)(H2,38,40,42,44,46). The van der Waals surface area contributed by atoms with Crippen molar-refractivity contribution >= 4 is 99.7 Å². The fraction of sp³-hybridized carbons (Fsp3) is 0.444. The lowest BCUT2D eigenvalue weighted by atomic mass is 10.1. The second-order valence-electron chi connectivity index (χ2n) is 15.2. The SMILES string of the molecule is CC(O)CN(CC(C)CO)c1nc(NCCS(=O)(=O)O)nc(Nc2ccc(C=Cc3ccc(Nc4nc(NCCS(=O)(=O)O)nc(N(C)CC(C)CO)n4)cc3S(=O)(=O)O)c(S(=O)(=O)O)c2)n1. The molecular weight excluding hydrogens is 969 g/mol. The highest BCUT2D eigenvalue weighted by Crippen LogP contribution is 2.29. The predicted octanol–water partition coefficient (Wildman–Crippen LogP) is 0.687. The average Bonchev–Trinajstić information content (AvgIpc) is 3.21. The zero-order chi connectivity index (χ0) is 49.9. The van der Waals surface area contributed by atoms with E-state index >= 15 is 0 Å². The summed E-state index contributed by atoms with van der Waals surface area (Å²) in [7, 11) is -17.1. The number of nitrogens with one attached hydrogen (secondary N) is 4. The first kappa shape index (κ1) is 54.1. The van der Waals surface area contributed by atoms with Gasteiger partial charge in [-0.1, -0.05) is 38.1 Å². The molecule has 0 bridgehead atoms. The highest BCUT2D eigenvalue weighted by Gasteiger charge is 2.22. The molecule has 4 rings (SSSR count). The maximum absolute atomic E-state index is 12.7. The van der Waals surface area contributed by atoms with E-state index in [1.54, 1.807) is 25.8 Å². The van der Waals surface area contributed by atoms with E-state index in [0.717, 1.165) is 24.3 Å². The molecular formula is C36H52N12O15S4. The predicted molar refractivity (Wildman–Crippen MR) is 247 cm³/mol. The van der Waals surface area contributed by atoms with Crippen molar-refractivity contribution in [1.29, 1.82) is 0 Å². The summed E-state index contributed by atoms with van der Waals surface area (Å²) in [5.41, 5.74) is -0.311. The quantitative estimate of drug-likeness (QED) is 0.0304. The number of nitrogens with zero attached hydrogens (tertiary/aromatic N) is 8. The van der Waals surface area contributed by atoms with Gasteiger partial charge in [0.15, 0.2) is 0 Å². The molecule has 2 aromatic carbocycles. The summed E-state index contributed by atoms with van der Waals surface area (Å²) in [4.78, 5) is 27.3. The highest BCUT2D eigenvalue weighted by atomic mass is 32.2. The van der Waals surface area contributed by atoms with E-state index in [1.807, 2.05) is 0 Å². The van der Waals surface area contributed by atoms with Crippen LogP contribution in [-0.4, -0.2) is 168 Å². The van der Waals surface area contributed by atoms with Crippen LogP contribution in [0, 0.1) is 11.8 Å². The second kappa shape index (κ2) is 23.0. The summed E-state index contributed by atoms with van der Waals surface area (Å²) in [5, 5.41) is 40.3. The minimum atomic E-state index is -5.01. The molecule has 0 saturated carbocycles. The van der Waals surface area contributed by atoms with Crippen molar-refractivity contribution in [2.24, 2.45) is 11.8 Å². The third kappa shape index (κ3) is 17.9. The van der Waals surface area contributed by atoms with E-state index in [4.69, 9.17) is 4.55 Å². The van der Waals surface area contributed by atoms with Crippen LogP contribution >= 0.6 is 0 Å². The van der Waals surface area contributed by atoms with Gasteiger partial charge in [0.2, 0.25) is 35.7 Å². The van der Waals surface area contributed by atoms with Crippen molar-refractivity contribution in [1.82, 2.24) is 29.9 Å². The van der Waals surface area contributed by atoms with Gasteiger partial charge in [-0.3, -0.25) is 18.2 Å². The van der Waals surface area contributed by atoms with Gasteiger partial charge < -0.3 is 46.4 Å². The molecule has 3 atom stereocenters. The van der Waals surface area contributed by atoms with Crippen LogP contribution in [0.4, 0.5) is 47.1 Å². The van der Waals surface area contributed by atoms with Crippen molar-refractivity contribution in [3.05, 3.63) is 47.5 Å². The number of hydrogen-bond acceptors (Lipinski definition) is 23. The number of rotatable bonds is 26. The van der Waals surface area contributed by atoms with Crippen molar-refractivity contribution in [3.63, 3.8) is 0 Å². The minimum absolute atomic E-state index is 0.0152. The van der Waals surface area contributed by atoms with Gasteiger partial charge >= 0.3 is 0 Å². The largest absolute Gasteiger partial charge is 0.396 e. The zero-order valence-corrected chi connectivity index (χ0v) is 39.6. The number of aromatic nitrogens is 6. The number of benzene rings is 2. The maximum Gasteiger partial charge on any atom is 0.295 e. The molecule has 0 amide bonds. The monoisotopic (exact) mass is 1020 g/mol. The minimum Gasteiger partial charge on any atom is -0.396 e. The van der Waals surface area contributed by atoms with Crippen LogP contribution in [0.1, 0.15) is 31.9 Å². The normalized spacial score (nSPS) is 13.8. The third-order valence-corrected chi connectivity index (χ3v) is 12.2. The van der Waals surface area contributed by atoms with Crippen LogP contribution in [0.5, 0.6) is 0 Å². The van der Waals surface area contributed by atoms with Crippen molar-refractivity contribution in [2.45, 2.75) is 36.7 Å². The lowest BCUT2D eigenvalue weighted by Gasteiger charge is -2.27. The second-order valence-corrected chi connectivity index (χ2v) is 21.2. The molecule has 4 aromatic rings. The highest BCUT2D eigenvalue weighted by molar-refractivity contribution is 7.86. The van der Waals surface area contributed by atoms with Gasteiger partial charge in [0, 0.05) is 64.4 Å². The fourth-order valence-electron chi connectivity index (χ4n) is 5.88. The first-order chi connectivity index (χ1) is 31.1. The first-order valence-electron chi connectivity index (χ1n) is 19.8. The molecule has 370 valence electrons. The number of aliphatic hydroxyl groups is 3. The van der Waals surface area contributed by atoms with E-state index < -0.39 is 67.9 Å². The topological polar surface area (TPSA) is 410 Å². The average molecular weight is 1020 g/mol. The molecule has 3 unspecified atom stereocenters. The van der Waals surface area contributed by atoms with Gasteiger partial charge in [-0.25, -0.2) is 0 Å². The van der Waals surface area contributed by atoms with Crippen molar-refractivity contribution in [2.75, 3.05) is 95.6 Å². The van der Waals surface area contributed by atoms with Gasteiger partial charge in [0.1, 0.15) is 9.79 Å². The Hall–Kier alpha value is -5.48. The molecule has 0 fully saturated rings. The molecule has 0 radical (unpaired) electrons. The first-order valence-corrected chi connectivity index (χ1v) is 25.9. The summed E-state index contributed by atoms with van der Waals surface area (Å²) < 4.78 is 135. The van der Waals surface area contributed by atoms with E-state index in [2.05, 4.69) is 51.2 Å². The molecule has 0 aliphatic rings. The molecule has 67 heavy (non-hydrogen) atoms. The lowest BCUT2D eigenvalue weighted by molar-refractivity contribution is 0.192. The van der Waals surface area contributed by atoms with Crippen LogP contribution in [0.15, 0.2) is 46.2 Å². The Morgan fingerprint density at radius 3 is 1.39 bits per heavy atom. The van der Waals surface area contributed by atoms with Gasteiger partial charge in [0.05, 0.1) is 17.6 Å². The molecule has 0 aliphatic heterocycles. The van der Waals surface area contributed by atoms with Crippen LogP contribution in [0.3, 0.4) is 0 Å². The third-order valence-electron chi connectivity index (χ3n) is 8.92. The molecule has 0 saturated heterocycles. The van der Waals surface area contributed by atoms with Gasteiger partial charge in [-0.2, -0.15) is 63.6 Å². The Kier molecular flexibility index (Phi) is 18.6. The Bertz CT molecular complexity index is 2840. The van der Waals surface area contributed by atoms with Gasteiger partial charge in [-0.15, -0.1) is 0 Å². The summed E-state index contributed by atoms with van der Waals surface area (Å²) in [6.45, 7) is 4.35. The Balaban J connectivity index is 1.70. The Morgan fingerprint density at radius 2 is 0.985 bits per heavy atom. The summed E-state index contributed by atoms with van der Waals surface area (Å²) in [6, 6.07) is 7.20. The van der Waals surface area contributed by atoms with Crippen molar-refractivity contribution in [3.8, 4) is 0 Å². The lowest BCUT2D eigenvalue weighted by Crippen LogP contribution is -2.37. The molecule has 2 heterocycles. The smallest absolute Gasteiger partial charge is 0.295 e. The van der Waals surface area contributed by atoms with E-state index in [-0.39, 0.29) is 116 Å². The van der Waals surface area contributed by atoms with Crippen LogP contribution < -0.4 is 31.1 Å². The molecule has 0 aliphatic carbocycles. The van der Waals surface area contributed by atoms with Gasteiger partial charge in [-0.05, 0) is 54.2 Å². The summed E-state index contributed by atoms with van der Waals surface area (Å²) in [6.07, 6.45) is 1.39.